The SMILES string of the molecule is C[n+]1c(CCCN)ccc2ccccc21. The van der Waals surface area contributed by atoms with Crippen molar-refractivity contribution in [2.75, 3.05) is 6.54 Å². The second kappa shape index (κ2) is 4.41. The van der Waals surface area contributed by atoms with Gasteiger partial charge in [0, 0.05) is 23.9 Å². The lowest BCUT2D eigenvalue weighted by molar-refractivity contribution is -0.652. The van der Waals surface area contributed by atoms with Gasteiger partial charge in [0.25, 0.3) is 0 Å². The third-order valence-corrected chi connectivity index (χ3v) is 2.82. The molecule has 0 aliphatic carbocycles. The highest BCUT2D eigenvalue weighted by atomic mass is 14.9. The highest BCUT2D eigenvalue weighted by Crippen LogP contribution is 2.10. The number of para-hydroxylation sites is 1. The van der Waals surface area contributed by atoms with Crippen LogP contribution in [0.1, 0.15) is 12.1 Å². The number of hydrogen-bond donors (Lipinski definition) is 1. The van der Waals surface area contributed by atoms with Crippen molar-refractivity contribution in [3.05, 3.63) is 42.1 Å². The first-order valence-electron chi connectivity index (χ1n) is 5.39. The number of hydrogen-bond acceptors (Lipinski definition) is 1. The predicted octanol–water partition coefficient (Wildman–Crippen LogP) is 1.56. The molecule has 2 N–H and O–H groups in total. The summed E-state index contributed by atoms with van der Waals surface area (Å²) in [5.41, 5.74) is 8.16. The molecule has 1 aromatic carbocycles. The molecule has 0 saturated carbocycles. The van der Waals surface area contributed by atoms with E-state index in [9.17, 15) is 0 Å². The summed E-state index contributed by atoms with van der Waals surface area (Å²) < 4.78 is 2.25. The molecule has 0 aliphatic rings. The smallest absolute Gasteiger partial charge is 0.212 e. The third-order valence-electron chi connectivity index (χ3n) is 2.82. The molecule has 0 radical (unpaired) electrons. The minimum Gasteiger partial charge on any atom is -0.330 e. The zero-order chi connectivity index (χ0) is 10.7. The summed E-state index contributed by atoms with van der Waals surface area (Å²) in [5, 5.41) is 1.29. The van der Waals surface area contributed by atoms with E-state index in [2.05, 4.69) is 48.0 Å². The lowest BCUT2D eigenvalue weighted by Gasteiger charge is -2.02. The van der Waals surface area contributed by atoms with E-state index < -0.39 is 0 Å². The van der Waals surface area contributed by atoms with Gasteiger partial charge in [-0.25, -0.2) is 0 Å². The Balaban J connectivity index is 2.45. The van der Waals surface area contributed by atoms with Crippen LogP contribution in [0.3, 0.4) is 0 Å². The van der Waals surface area contributed by atoms with Crippen molar-refractivity contribution in [1.82, 2.24) is 0 Å². The molecule has 78 valence electrons. The first-order valence-corrected chi connectivity index (χ1v) is 5.39. The van der Waals surface area contributed by atoms with E-state index in [1.807, 2.05) is 0 Å². The first kappa shape index (κ1) is 10.1. The van der Waals surface area contributed by atoms with Gasteiger partial charge in [-0.1, -0.05) is 12.1 Å². The lowest BCUT2D eigenvalue weighted by Crippen LogP contribution is -2.34. The van der Waals surface area contributed by atoms with Crippen LogP contribution in [0, 0.1) is 0 Å². The third kappa shape index (κ3) is 2.00. The first-order chi connectivity index (χ1) is 7.33. The molecule has 0 saturated heterocycles. The van der Waals surface area contributed by atoms with Crippen LogP contribution in [0.2, 0.25) is 0 Å². The maximum Gasteiger partial charge on any atom is 0.212 e. The van der Waals surface area contributed by atoms with Crippen LogP contribution in [0.25, 0.3) is 10.9 Å². The van der Waals surface area contributed by atoms with E-state index in [0.717, 1.165) is 19.4 Å². The van der Waals surface area contributed by atoms with Gasteiger partial charge < -0.3 is 5.73 Å². The Morgan fingerprint density at radius 3 is 2.73 bits per heavy atom. The van der Waals surface area contributed by atoms with Gasteiger partial charge in [0.15, 0.2) is 5.69 Å². The molecule has 2 heteroatoms. The number of aryl methyl sites for hydroxylation is 2. The van der Waals surface area contributed by atoms with Crippen LogP contribution in [-0.2, 0) is 13.5 Å². The van der Waals surface area contributed by atoms with Gasteiger partial charge in [-0.2, -0.15) is 4.57 Å². The summed E-state index contributed by atoms with van der Waals surface area (Å²) >= 11 is 0. The fourth-order valence-corrected chi connectivity index (χ4v) is 1.92. The van der Waals surface area contributed by atoms with Crippen LogP contribution in [0.5, 0.6) is 0 Å². The van der Waals surface area contributed by atoms with Crippen molar-refractivity contribution in [1.29, 1.82) is 0 Å². The summed E-state index contributed by atoms with van der Waals surface area (Å²) in [4.78, 5) is 0. The van der Waals surface area contributed by atoms with Gasteiger partial charge in [0.2, 0.25) is 5.52 Å². The van der Waals surface area contributed by atoms with Crippen LogP contribution >= 0.6 is 0 Å². The highest BCUT2D eigenvalue weighted by Gasteiger charge is 2.09. The fourth-order valence-electron chi connectivity index (χ4n) is 1.92. The minimum atomic E-state index is 0.757. The average molecular weight is 201 g/mol. The van der Waals surface area contributed by atoms with Crippen molar-refractivity contribution >= 4 is 10.9 Å². The maximum atomic E-state index is 5.53. The highest BCUT2D eigenvalue weighted by molar-refractivity contribution is 5.75. The maximum absolute atomic E-state index is 5.53. The zero-order valence-corrected chi connectivity index (χ0v) is 9.11. The molecule has 0 amide bonds. The molecular formula is C13H17N2+. The second-order valence-corrected chi connectivity index (χ2v) is 3.83. The number of pyridine rings is 1. The predicted molar refractivity (Wildman–Crippen MR) is 62.5 cm³/mol. The van der Waals surface area contributed by atoms with E-state index in [-0.39, 0.29) is 0 Å². The molecule has 1 aromatic heterocycles. The fraction of sp³-hybridized carbons (Fsp3) is 0.308. The Kier molecular flexibility index (Phi) is 2.97. The molecule has 0 bridgehead atoms. The van der Waals surface area contributed by atoms with Crippen LogP contribution < -0.4 is 10.3 Å². The van der Waals surface area contributed by atoms with Gasteiger partial charge in [0.1, 0.15) is 7.05 Å². The molecular weight excluding hydrogens is 184 g/mol. The summed E-state index contributed by atoms with van der Waals surface area (Å²) in [7, 11) is 2.12. The molecule has 1 heterocycles. The van der Waals surface area contributed by atoms with Crippen molar-refractivity contribution in [3.8, 4) is 0 Å². The molecule has 2 nitrogen and oxygen atoms in total. The monoisotopic (exact) mass is 201 g/mol. The van der Waals surface area contributed by atoms with E-state index in [0.29, 0.717) is 0 Å². The Morgan fingerprint density at radius 2 is 1.93 bits per heavy atom. The molecule has 0 aliphatic heterocycles. The quantitative estimate of drug-likeness (QED) is 0.750. The number of nitrogens with two attached hydrogens (primary N) is 1. The van der Waals surface area contributed by atoms with E-state index in [4.69, 9.17) is 5.73 Å². The van der Waals surface area contributed by atoms with Crippen molar-refractivity contribution in [3.63, 3.8) is 0 Å². The summed E-state index contributed by atoms with van der Waals surface area (Å²) in [5.74, 6) is 0. The van der Waals surface area contributed by atoms with E-state index in [1.165, 1.54) is 16.6 Å². The number of fused-ring (bicyclic) bond motifs is 1. The number of rotatable bonds is 3. The molecule has 2 aromatic rings. The molecule has 0 fully saturated rings. The van der Waals surface area contributed by atoms with Crippen molar-refractivity contribution in [2.45, 2.75) is 12.8 Å². The summed E-state index contributed by atoms with van der Waals surface area (Å²) in [6, 6.07) is 12.8. The van der Waals surface area contributed by atoms with Crippen LogP contribution in [0.4, 0.5) is 0 Å². The zero-order valence-electron chi connectivity index (χ0n) is 9.11. The van der Waals surface area contributed by atoms with Crippen LogP contribution in [-0.4, -0.2) is 6.54 Å². The van der Waals surface area contributed by atoms with Gasteiger partial charge in [0.05, 0.1) is 0 Å². The van der Waals surface area contributed by atoms with Crippen molar-refractivity contribution in [2.24, 2.45) is 12.8 Å². The minimum absolute atomic E-state index is 0.757. The molecule has 0 unspecified atom stereocenters. The molecule has 2 rings (SSSR count). The molecule has 0 atom stereocenters. The number of nitrogens with zero attached hydrogens (tertiary/aromatic N) is 1. The Labute approximate surface area is 90.3 Å². The van der Waals surface area contributed by atoms with Crippen molar-refractivity contribution < 1.29 is 4.57 Å². The Morgan fingerprint density at radius 1 is 1.13 bits per heavy atom. The van der Waals surface area contributed by atoms with E-state index >= 15 is 0 Å². The Bertz CT molecular complexity index is 463. The van der Waals surface area contributed by atoms with Gasteiger partial charge in [-0.3, -0.25) is 0 Å². The molecule has 15 heavy (non-hydrogen) atoms. The van der Waals surface area contributed by atoms with Gasteiger partial charge in [-0.15, -0.1) is 0 Å². The molecule has 0 spiro atoms. The standard InChI is InChI=1S/C13H17N2/c1-15-12(6-4-10-14)9-8-11-5-2-3-7-13(11)15/h2-3,5,7-9H,4,6,10,14H2,1H3/q+1. The topological polar surface area (TPSA) is 29.9 Å². The summed E-state index contributed by atoms with van der Waals surface area (Å²) in [6.45, 7) is 0.757. The number of aromatic nitrogens is 1. The summed E-state index contributed by atoms with van der Waals surface area (Å²) in [6.07, 6.45) is 2.10. The second-order valence-electron chi connectivity index (χ2n) is 3.83. The van der Waals surface area contributed by atoms with Gasteiger partial charge in [-0.05, 0) is 25.1 Å². The van der Waals surface area contributed by atoms with Crippen LogP contribution in [0.15, 0.2) is 36.4 Å². The average Bonchev–Trinajstić information content (AvgIpc) is 2.29. The number of benzene rings is 1. The normalized spacial score (nSPS) is 10.8. The largest absolute Gasteiger partial charge is 0.330 e. The lowest BCUT2D eigenvalue weighted by atomic mass is 10.1. The van der Waals surface area contributed by atoms with Gasteiger partial charge >= 0.3 is 0 Å². The van der Waals surface area contributed by atoms with E-state index in [1.54, 1.807) is 0 Å². The Hall–Kier alpha value is -1.41.